The average Bonchev–Trinajstić information content (AvgIpc) is 3.13. The molecule has 0 radical (unpaired) electrons. The Labute approximate surface area is 154 Å². The highest BCUT2D eigenvalue weighted by atomic mass is 16.5. The molecule has 3 heterocycles. The van der Waals surface area contributed by atoms with Crippen molar-refractivity contribution in [1.29, 1.82) is 0 Å². The van der Waals surface area contributed by atoms with Gasteiger partial charge in [0, 0.05) is 69.3 Å². The lowest BCUT2D eigenvalue weighted by atomic mass is 10.0. The van der Waals surface area contributed by atoms with Crippen molar-refractivity contribution in [3.63, 3.8) is 0 Å². The number of nitrogens with zero attached hydrogens (tertiary/aromatic N) is 5. The molecule has 2 aromatic heterocycles. The molecule has 8 nitrogen and oxygen atoms in total. The number of carbonyl (C=O) groups excluding carboxylic acids is 1. The second-order valence-electron chi connectivity index (χ2n) is 7.01. The number of fused-ring (bicyclic) bond motifs is 1. The Morgan fingerprint density at radius 2 is 2.12 bits per heavy atom. The number of hydrogen-bond acceptors (Lipinski definition) is 5. The fourth-order valence-corrected chi connectivity index (χ4v) is 3.45. The third kappa shape index (κ3) is 3.52. The lowest BCUT2D eigenvalue weighted by Gasteiger charge is -2.25. The van der Waals surface area contributed by atoms with E-state index in [0.717, 1.165) is 47.7 Å². The Morgan fingerprint density at radius 3 is 2.77 bits per heavy atom. The van der Waals surface area contributed by atoms with Crippen molar-refractivity contribution in [2.75, 3.05) is 33.9 Å². The Bertz CT molecular complexity index is 794. The minimum absolute atomic E-state index is 0.0579. The van der Waals surface area contributed by atoms with Crippen molar-refractivity contribution in [1.82, 2.24) is 29.8 Å². The van der Waals surface area contributed by atoms with Crippen LogP contribution in [0.4, 0.5) is 0 Å². The first-order valence-corrected chi connectivity index (χ1v) is 8.94. The minimum Gasteiger partial charge on any atom is -0.383 e. The van der Waals surface area contributed by atoms with Gasteiger partial charge in [0.15, 0.2) is 5.69 Å². The predicted molar refractivity (Wildman–Crippen MR) is 97.9 cm³/mol. The van der Waals surface area contributed by atoms with E-state index in [1.807, 2.05) is 30.5 Å². The van der Waals surface area contributed by atoms with E-state index in [2.05, 4.69) is 27.2 Å². The molecule has 26 heavy (non-hydrogen) atoms. The second kappa shape index (κ2) is 7.59. The summed E-state index contributed by atoms with van der Waals surface area (Å²) in [7, 11) is 5.64. The summed E-state index contributed by atoms with van der Waals surface area (Å²) in [6.07, 6.45) is 0.894. The van der Waals surface area contributed by atoms with Crippen molar-refractivity contribution in [3.8, 4) is 0 Å². The Morgan fingerprint density at radius 1 is 1.35 bits per heavy atom. The topological polar surface area (TPSA) is 79.3 Å². The molecular formula is C18H28N6O2. The third-order valence-corrected chi connectivity index (χ3v) is 5.19. The van der Waals surface area contributed by atoms with E-state index < -0.39 is 0 Å². The molecule has 0 unspecified atom stereocenters. The number of nitrogens with one attached hydrogen (secondary N) is 1. The zero-order valence-electron chi connectivity index (χ0n) is 16.3. The monoisotopic (exact) mass is 360 g/mol. The summed E-state index contributed by atoms with van der Waals surface area (Å²) in [6.45, 7) is 7.23. The number of aryl methyl sites for hydroxylation is 2. The molecule has 1 aliphatic heterocycles. The number of methoxy groups -OCH3 is 1. The summed E-state index contributed by atoms with van der Waals surface area (Å²) >= 11 is 0. The van der Waals surface area contributed by atoms with Gasteiger partial charge in [-0.1, -0.05) is 0 Å². The van der Waals surface area contributed by atoms with Crippen molar-refractivity contribution < 1.29 is 9.53 Å². The van der Waals surface area contributed by atoms with Gasteiger partial charge in [0.25, 0.3) is 5.91 Å². The molecule has 0 fully saturated rings. The van der Waals surface area contributed by atoms with Crippen LogP contribution < -0.4 is 0 Å². The first-order valence-electron chi connectivity index (χ1n) is 8.94. The zero-order chi connectivity index (χ0) is 18.8. The molecule has 8 heteroatoms. The number of hydrogen-bond donors (Lipinski definition) is 1. The van der Waals surface area contributed by atoms with Crippen LogP contribution in [-0.4, -0.2) is 69.5 Å². The van der Waals surface area contributed by atoms with E-state index >= 15 is 0 Å². The van der Waals surface area contributed by atoms with Gasteiger partial charge in [0.2, 0.25) is 0 Å². The second-order valence-corrected chi connectivity index (χ2v) is 7.01. The van der Waals surface area contributed by atoms with Crippen LogP contribution in [0.5, 0.6) is 0 Å². The fourth-order valence-electron chi connectivity index (χ4n) is 3.45. The highest BCUT2D eigenvalue weighted by Crippen LogP contribution is 2.22. The summed E-state index contributed by atoms with van der Waals surface area (Å²) < 4.78 is 7.08. The van der Waals surface area contributed by atoms with Gasteiger partial charge in [-0.25, -0.2) is 0 Å². The molecule has 0 aliphatic carbocycles. The van der Waals surface area contributed by atoms with Gasteiger partial charge in [0.05, 0.1) is 12.3 Å². The summed E-state index contributed by atoms with van der Waals surface area (Å²) in [4.78, 5) is 17.3. The Kier molecular flexibility index (Phi) is 5.43. The van der Waals surface area contributed by atoms with Crippen molar-refractivity contribution in [2.45, 2.75) is 33.4 Å². The van der Waals surface area contributed by atoms with Gasteiger partial charge in [-0.15, -0.1) is 0 Å². The van der Waals surface area contributed by atoms with Crippen LogP contribution in [0.3, 0.4) is 0 Å². The molecule has 0 spiro atoms. The fraction of sp³-hybridized carbons (Fsp3) is 0.611. The summed E-state index contributed by atoms with van der Waals surface area (Å²) in [6, 6.07) is 0. The first-order chi connectivity index (χ1) is 12.4. The molecule has 0 aromatic carbocycles. The van der Waals surface area contributed by atoms with E-state index in [1.165, 1.54) is 0 Å². The highest BCUT2D eigenvalue weighted by molar-refractivity contribution is 5.94. The van der Waals surface area contributed by atoms with Crippen molar-refractivity contribution in [2.24, 2.45) is 7.05 Å². The number of rotatable bonds is 6. The molecule has 1 amide bonds. The van der Waals surface area contributed by atoms with E-state index in [1.54, 1.807) is 7.11 Å². The zero-order valence-corrected chi connectivity index (χ0v) is 16.3. The molecular weight excluding hydrogens is 332 g/mol. The number of H-pyrrole nitrogens is 1. The molecule has 142 valence electrons. The Hall–Kier alpha value is -2.19. The lowest BCUT2D eigenvalue weighted by molar-refractivity contribution is 0.0671. The van der Waals surface area contributed by atoms with E-state index in [0.29, 0.717) is 25.4 Å². The highest BCUT2D eigenvalue weighted by Gasteiger charge is 2.28. The normalized spacial score (nSPS) is 14.5. The van der Waals surface area contributed by atoms with Gasteiger partial charge >= 0.3 is 0 Å². The minimum atomic E-state index is -0.0579. The smallest absolute Gasteiger partial charge is 0.275 e. The predicted octanol–water partition coefficient (Wildman–Crippen LogP) is 1.04. The SMILES string of the molecule is COCCN(Cc1c(C)nn(C)c1C)C(=O)c1n[nH]c2c1CN(C)CC2. The maximum atomic E-state index is 13.3. The number of likely N-dealkylation sites (N-methyl/N-ethyl adjacent to an activating group) is 1. The maximum Gasteiger partial charge on any atom is 0.275 e. The molecule has 0 bridgehead atoms. The lowest BCUT2D eigenvalue weighted by Crippen LogP contribution is -2.35. The number of aromatic amines is 1. The number of ether oxygens (including phenoxy) is 1. The molecule has 3 rings (SSSR count). The van der Waals surface area contributed by atoms with E-state index in [4.69, 9.17) is 4.74 Å². The summed E-state index contributed by atoms with van der Waals surface area (Å²) in [5.74, 6) is -0.0579. The summed E-state index contributed by atoms with van der Waals surface area (Å²) in [5, 5.41) is 11.9. The maximum absolute atomic E-state index is 13.3. The van der Waals surface area contributed by atoms with E-state index in [-0.39, 0.29) is 5.91 Å². The van der Waals surface area contributed by atoms with Crippen molar-refractivity contribution >= 4 is 5.91 Å². The quantitative estimate of drug-likeness (QED) is 0.833. The largest absolute Gasteiger partial charge is 0.383 e. The summed E-state index contributed by atoms with van der Waals surface area (Å²) in [5.41, 5.74) is 5.73. The molecule has 0 atom stereocenters. The van der Waals surface area contributed by atoms with Crippen LogP contribution in [-0.2, 0) is 31.3 Å². The molecule has 2 aromatic rings. The average molecular weight is 360 g/mol. The van der Waals surface area contributed by atoms with Gasteiger partial charge < -0.3 is 14.5 Å². The van der Waals surface area contributed by atoms with E-state index in [9.17, 15) is 4.79 Å². The first kappa shape index (κ1) is 18.6. The van der Waals surface area contributed by atoms with Gasteiger partial charge in [-0.3, -0.25) is 14.6 Å². The van der Waals surface area contributed by atoms with Crippen LogP contribution in [0.2, 0.25) is 0 Å². The standard InChI is InChI=1S/C18H28N6O2/c1-12-14(13(2)23(4)21-12)11-24(8-9-26-5)18(25)17-15-10-22(3)7-6-16(15)19-20-17/h6-11H2,1-5H3,(H,19,20). The Balaban J connectivity index is 1.88. The molecule has 1 N–H and O–H groups in total. The van der Waals surface area contributed by atoms with Gasteiger partial charge in [-0.2, -0.15) is 10.2 Å². The van der Waals surface area contributed by atoms with Crippen LogP contribution in [0.15, 0.2) is 0 Å². The van der Waals surface area contributed by atoms with Crippen LogP contribution in [0.1, 0.15) is 38.7 Å². The van der Waals surface area contributed by atoms with Crippen LogP contribution in [0.25, 0.3) is 0 Å². The van der Waals surface area contributed by atoms with Gasteiger partial charge in [-0.05, 0) is 20.9 Å². The molecule has 1 aliphatic rings. The number of amides is 1. The number of aromatic nitrogens is 4. The number of carbonyl (C=O) groups is 1. The van der Waals surface area contributed by atoms with Crippen LogP contribution >= 0.6 is 0 Å². The van der Waals surface area contributed by atoms with Gasteiger partial charge in [0.1, 0.15) is 0 Å². The molecule has 0 saturated heterocycles. The molecule has 0 saturated carbocycles. The third-order valence-electron chi connectivity index (χ3n) is 5.19. The van der Waals surface area contributed by atoms with Crippen molar-refractivity contribution in [3.05, 3.63) is 33.9 Å². The van der Waals surface area contributed by atoms with Crippen LogP contribution in [0, 0.1) is 13.8 Å².